The van der Waals surface area contributed by atoms with Crippen molar-refractivity contribution in [1.82, 2.24) is 0 Å². The van der Waals surface area contributed by atoms with E-state index >= 15 is 0 Å². The maximum atomic E-state index is 11.8. The van der Waals surface area contributed by atoms with Gasteiger partial charge in [0.25, 0.3) is 0 Å². The lowest BCUT2D eigenvalue weighted by Gasteiger charge is -2.22. The van der Waals surface area contributed by atoms with Gasteiger partial charge in [0.15, 0.2) is 0 Å². The van der Waals surface area contributed by atoms with E-state index in [0.717, 1.165) is 40.8 Å². The maximum absolute atomic E-state index is 11.8. The Morgan fingerprint density at radius 2 is 1.19 bits per heavy atom. The van der Waals surface area contributed by atoms with E-state index in [1.165, 1.54) is 11.1 Å². The van der Waals surface area contributed by atoms with Crippen molar-refractivity contribution >= 4 is 31.8 Å². The quantitative estimate of drug-likeness (QED) is 0.421. The Morgan fingerprint density at radius 3 is 1.67 bits per heavy atom. The first kappa shape index (κ1) is 26.4. The number of rotatable bonds is 8. The molecule has 0 fully saturated rings. The van der Waals surface area contributed by atoms with Crippen molar-refractivity contribution in [2.75, 3.05) is 19.0 Å². The SMILES string of the molecule is CCc1ccc(C2=CC(c3ccc(N(C)C)cc3)=CC(c3ccc(CC)cc3)=S2O[Cl+3]([O-])([O-])[O-])cc1. The van der Waals surface area contributed by atoms with Crippen LogP contribution in [0.2, 0.25) is 0 Å². The van der Waals surface area contributed by atoms with Gasteiger partial charge in [0, 0.05) is 19.8 Å². The minimum Gasteiger partial charge on any atom is -0.378 e. The summed E-state index contributed by atoms with van der Waals surface area (Å²) in [6.07, 6.45) is 5.64. The van der Waals surface area contributed by atoms with Crippen LogP contribution >= 0.6 is 10.8 Å². The van der Waals surface area contributed by atoms with Crippen molar-refractivity contribution in [1.29, 1.82) is 0 Å². The first-order valence-corrected chi connectivity index (χ1v) is 14.2. The number of nitrogens with zero attached hydrogens (tertiary/aromatic N) is 1. The Kier molecular flexibility index (Phi) is 8.15. The lowest BCUT2D eigenvalue weighted by molar-refractivity contribution is -1.91. The first-order valence-electron chi connectivity index (χ1n) is 11.8. The second-order valence-corrected chi connectivity index (χ2v) is 11.4. The van der Waals surface area contributed by atoms with Gasteiger partial charge in [-0.05, 0) is 70.5 Å². The van der Waals surface area contributed by atoms with Crippen LogP contribution in [0, 0.1) is 10.2 Å². The average molecular weight is 524 g/mol. The van der Waals surface area contributed by atoms with Crippen LogP contribution in [0.3, 0.4) is 0 Å². The molecule has 36 heavy (non-hydrogen) atoms. The lowest BCUT2D eigenvalue weighted by Crippen LogP contribution is -2.60. The van der Waals surface area contributed by atoms with E-state index in [-0.39, 0.29) is 0 Å². The second-order valence-electron chi connectivity index (χ2n) is 8.72. The smallest absolute Gasteiger partial charge is 0.148 e. The molecule has 0 saturated carbocycles. The van der Waals surface area contributed by atoms with Crippen LogP contribution in [-0.4, -0.2) is 19.0 Å². The molecular weight excluding hydrogens is 494 g/mol. The third-order valence-electron chi connectivity index (χ3n) is 6.12. The zero-order valence-corrected chi connectivity index (χ0v) is 22.4. The molecule has 188 valence electrons. The number of halogens is 1. The zero-order valence-electron chi connectivity index (χ0n) is 20.9. The third kappa shape index (κ3) is 6.16. The van der Waals surface area contributed by atoms with Gasteiger partial charge in [0.05, 0.1) is 20.0 Å². The molecule has 0 aromatic heterocycles. The van der Waals surface area contributed by atoms with Gasteiger partial charge in [0.2, 0.25) is 0 Å². The highest BCUT2D eigenvalue weighted by Crippen LogP contribution is 2.45. The Balaban J connectivity index is 1.94. The molecule has 1 aliphatic rings. The Bertz CT molecular complexity index is 1300. The van der Waals surface area contributed by atoms with Gasteiger partial charge >= 0.3 is 0 Å². The van der Waals surface area contributed by atoms with Crippen LogP contribution in [0.4, 0.5) is 5.69 Å². The van der Waals surface area contributed by atoms with Crippen molar-refractivity contribution in [3.8, 4) is 0 Å². The molecule has 1 heterocycles. The molecule has 0 radical (unpaired) electrons. The maximum Gasteiger partial charge on any atom is 0.148 e. The molecule has 1 aliphatic heterocycles. The van der Waals surface area contributed by atoms with E-state index in [9.17, 15) is 14.0 Å². The fourth-order valence-corrected chi connectivity index (χ4v) is 6.57. The molecule has 7 heteroatoms. The van der Waals surface area contributed by atoms with Gasteiger partial charge in [0.1, 0.15) is 14.5 Å². The van der Waals surface area contributed by atoms with Gasteiger partial charge in [-0.1, -0.05) is 74.5 Å². The molecule has 0 spiro atoms. The van der Waals surface area contributed by atoms with Crippen molar-refractivity contribution in [3.63, 3.8) is 0 Å². The highest BCUT2D eigenvalue weighted by molar-refractivity contribution is 8.20. The van der Waals surface area contributed by atoms with Crippen molar-refractivity contribution in [2.45, 2.75) is 26.7 Å². The predicted octanol–water partition coefficient (Wildman–Crippen LogP) is 3.63. The number of hydrogen-bond acceptors (Lipinski definition) is 5. The minimum absolute atomic E-state index is 0.647. The summed E-state index contributed by atoms with van der Waals surface area (Å²) in [6, 6.07) is 24.1. The molecule has 1 atom stereocenters. The van der Waals surface area contributed by atoms with E-state index in [2.05, 4.69) is 13.8 Å². The summed E-state index contributed by atoms with van der Waals surface area (Å²) in [7, 11) is -2.11. The average Bonchev–Trinajstić information content (AvgIpc) is 2.88. The van der Waals surface area contributed by atoms with Crippen LogP contribution in [0.5, 0.6) is 0 Å². The minimum atomic E-state index is -4.65. The van der Waals surface area contributed by atoms with Gasteiger partial charge in [-0.3, -0.25) is 0 Å². The topological polar surface area (TPSA) is 81.7 Å². The van der Waals surface area contributed by atoms with Crippen molar-refractivity contribution < 1.29 is 28.0 Å². The molecule has 0 amide bonds. The van der Waals surface area contributed by atoms with E-state index in [1.807, 2.05) is 104 Å². The molecule has 5 nitrogen and oxygen atoms in total. The number of benzene rings is 3. The number of aryl methyl sites for hydroxylation is 2. The van der Waals surface area contributed by atoms with Gasteiger partial charge in [-0.2, -0.15) is 14.0 Å². The summed E-state index contributed by atoms with van der Waals surface area (Å²) in [6.45, 7) is 4.16. The predicted molar refractivity (Wildman–Crippen MR) is 141 cm³/mol. The fourth-order valence-electron chi connectivity index (χ4n) is 4.00. The molecule has 0 saturated heterocycles. The first-order chi connectivity index (χ1) is 17.2. The highest BCUT2D eigenvalue weighted by Gasteiger charge is 2.31. The highest BCUT2D eigenvalue weighted by atomic mass is 35.7. The third-order valence-corrected chi connectivity index (χ3v) is 8.75. The van der Waals surface area contributed by atoms with Gasteiger partial charge in [-0.25, -0.2) is 0 Å². The van der Waals surface area contributed by atoms with Crippen LogP contribution < -0.4 is 18.9 Å². The summed E-state index contributed by atoms with van der Waals surface area (Å²) < 4.78 is 40.7. The Labute approximate surface area is 217 Å². The normalized spacial score (nSPS) is 16.0. The largest absolute Gasteiger partial charge is 0.378 e. The van der Waals surface area contributed by atoms with Crippen LogP contribution in [0.25, 0.3) is 10.5 Å². The Morgan fingerprint density at radius 1 is 0.694 bits per heavy atom. The number of anilines is 1. The van der Waals surface area contributed by atoms with E-state index in [0.29, 0.717) is 9.77 Å². The summed E-state index contributed by atoms with van der Waals surface area (Å²) in [5.41, 5.74) is 6.93. The zero-order chi connectivity index (χ0) is 25.9. The summed E-state index contributed by atoms with van der Waals surface area (Å²) >= 11 is 0. The van der Waals surface area contributed by atoms with Crippen molar-refractivity contribution in [3.05, 3.63) is 113 Å². The standard InChI is InChI=1S/C29H30ClNO4S/c1-5-21-7-11-24(12-8-21)28-19-26(23-15-17-27(18-16-23)31(3)4)20-29(36(28)35-30(32,33)34)25-13-9-22(6-2)10-14-25/h7-20H,5-6H2,1-4H3. The summed E-state index contributed by atoms with van der Waals surface area (Å²) in [4.78, 5) is 3.33. The molecule has 3 aromatic rings. The van der Waals surface area contributed by atoms with Gasteiger partial charge in [-0.15, -0.1) is 0 Å². The molecule has 0 N–H and O–H groups in total. The van der Waals surface area contributed by atoms with Crippen LogP contribution in [0.1, 0.15) is 41.7 Å². The second kappa shape index (κ2) is 11.1. The van der Waals surface area contributed by atoms with E-state index in [4.69, 9.17) is 3.74 Å². The number of allylic oxidation sites excluding steroid dienone is 3. The van der Waals surface area contributed by atoms with Gasteiger partial charge < -0.3 is 4.90 Å². The molecule has 0 bridgehead atoms. The summed E-state index contributed by atoms with van der Waals surface area (Å²) in [5.74, 6) is 0. The molecule has 3 aromatic carbocycles. The van der Waals surface area contributed by atoms with Crippen LogP contribution in [0.15, 0.2) is 84.9 Å². The fraction of sp³-hybridized carbons (Fsp3) is 0.207. The van der Waals surface area contributed by atoms with Crippen LogP contribution in [-0.2, 0) is 16.6 Å². The molecule has 0 aliphatic carbocycles. The molecular formula is C29H30ClNO4S. The lowest BCUT2D eigenvalue weighted by atomic mass is 9.99. The summed E-state index contributed by atoms with van der Waals surface area (Å²) in [5, 5.41) is 0. The monoisotopic (exact) mass is 523 g/mol. The molecule has 4 rings (SSSR count). The van der Waals surface area contributed by atoms with Crippen molar-refractivity contribution in [2.24, 2.45) is 0 Å². The number of hydrogen-bond donors (Lipinski definition) is 0. The molecule has 1 unspecified atom stereocenters. The Hall–Kier alpha value is -2.71. The van der Waals surface area contributed by atoms with E-state index in [1.54, 1.807) is 0 Å². The van der Waals surface area contributed by atoms with E-state index < -0.39 is 21.0 Å².